The van der Waals surface area contributed by atoms with Gasteiger partial charge in [-0.1, -0.05) is 48.0 Å². The van der Waals surface area contributed by atoms with Crippen LogP contribution in [-0.4, -0.2) is 19.8 Å². The molecule has 96 valence electrons. The van der Waals surface area contributed by atoms with Gasteiger partial charge in [-0.2, -0.15) is 9.61 Å². The Morgan fingerprint density at radius 2 is 1.70 bits per heavy atom. The average Bonchev–Trinajstić information content (AvgIpc) is 2.92. The Labute approximate surface area is 119 Å². The van der Waals surface area contributed by atoms with E-state index in [0.717, 1.165) is 22.0 Å². The third kappa shape index (κ3) is 1.58. The minimum Gasteiger partial charge on any atom is -0.192 e. The number of aromatic nitrogens is 4. The lowest BCUT2D eigenvalue weighted by molar-refractivity contribution is 0.946. The molecule has 4 aromatic rings. The molecule has 0 aliphatic rings. The predicted molar refractivity (Wildman–Crippen MR) is 78.7 cm³/mol. The van der Waals surface area contributed by atoms with Gasteiger partial charge in [0.15, 0.2) is 11.5 Å². The number of fused-ring (bicyclic) bond motifs is 3. The van der Waals surface area contributed by atoms with Crippen LogP contribution >= 0.6 is 11.6 Å². The molecule has 0 bridgehead atoms. The van der Waals surface area contributed by atoms with Crippen molar-refractivity contribution in [2.75, 3.05) is 0 Å². The lowest BCUT2D eigenvalue weighted by Gasteiger charge is -2.02. The van der Waals surface area contributed by atoms with E-state index in [1.54, 1.807) is 4.52 Å². The molecule has 0 spiro atoms. The van der Waals surface area contributed by atoms with Gasteiger partial charge in [-0.15, -0.1) is 10.2 Å². The van der Waals surface area contributed by atoms with Crippen molar-refractivity contribution in [2.24, 2.45) is 0 Å². The topological polar surface area (TPSA) is 43.1 Å². The summed E-state index contributed by atoms with van der Waals surface area (Å²) in [5.41, 5.74) is 1.56. The molecule has 0 atom stereocenters. The fourth-order valence-corrected chi connectivity index (χ4v) is 2.52. The van der Waals surface area contributed by atoms with Crippen molar-refractivity contribution in [1.29, 1.82) is 0 Å². The maximum absolute atomic E-state index is 6.23. The maximum Gasteiger partial charge on any atom is 0.186 e. The van der Waals surface area contributed by atoms with Crippen LogP contribution in [0.3, 0.4) is 0 Å². The highest BCUT2D eigenvalue weighted by molar-refractivity contribution is 6.33. The van der Waals surface area contributed by atoms with Gasteiger partial charge in [-0.3, -0.25) is 0 Å². The molecular formula is C15H9ClN4. The van der Waals surface area contributed by atoms with Crippen LogP contribution in [0, 0.1) is 0 Å². The Kier molecular flexibility index (Phi) is 2.44. The molecule has 0 saturated carbocycles. The molecule has 20 heavy (non-hydrogen) atoms. The number of nitrogens with zero attached hydrogens (tertiary/aromatic N) is 4. The van der Waals surface area contributed by atoms with E-state index in [2.05, 4.69) is 15.3 Å². The lowest BCUT2D eigenvalue weighted by Crippen LogP contribution is -1.95. The van der Waals surface area contributed by atoms with Crippen LogP contribution in [0.15, 0.2) is 54.7 Å². The smallest absolute Gasteiger partial charge is 0.186 e. The molecule has 0 aliphatic heterocycles. The molecule has 4 rings (SSSR count). The number of rotatable bonds is 1. The average molecular weight is 281 g/mol. The summed E-state index contributed by atoms with van der Waals surface area (Å²) in [6.45, 7) is 0. The van der Waals surface area contributed by atoms with Crippen LogP contribution in [0.25, 0.3) is 27.8 Å². The fourth-order valence-electron chi connectivity index (χ4n) is 2.30. The van der Waals surface area contributed by atoms with E-state index in [9.17, 15) is 0 Å². The summed E-state index contributed by atoms with van der Waals surface area (Å²) < 4.78 is 1.73. The maximum atomic E-state index is 6.23. The van der Waals surface area contributed by atoms with Gasteiger partial charge in [0.05, 0.1) is 11.2 Å². The second-order valence-electron chi connectivity index (χ2n) is 4.47. The summed E-state index contributed by atoms with van der Waals surface area (Å²) in [5.74, 6) is 0.649. The molecule has 2 heterocycles. The zero-order chi connectivity index (χ0) is 13.5. The predicted octanol–water partition coefficient (Wildman–Crippen LogP) is 3.60. The summed E-state index contributed by atoms with van der Waals surface area (Å²) in [5, 5.41) is 15.6. The summed E-state index contributed by atoms with van der Waals surface area (Å²) in [4.78, 5) is 0. The Bertz CT molecular complexity index is 929. The van der Waals surface area contributed by atoms with Crippen LogP contribution in [0.4, 0.5) is 0 Å². The number of halogens is 1. The van der Waals surface area contributed by atoms with Crippen molar-refractivity contribution < 1.29 is 0 Å². The molecule has 0 amide bonds. The molecule has 0 unspecified atom stereocenters. The van der Waals surface area contributed by atoms with E-state index in [0.29, 0.717) is 10.8 Å². The Morgan fingerprint density at radius 3 is 2.60 bits per heavy atom. The highest BCUT2D eigenvalue weighted by Crippen LogP contribution is 2.27. The molecule has 2 aromatic heterocycles. The van der Waals surface area contributed by atoms with Crippen LogP contribution in [0.5, 0.6) is 0 Å². The second-order valence-corrected chi connectivity index (χ2v) is 4.88. The van der Waals surface area contributed by atoms with E-state index in [1.165, 1.54) is 0 Å². The van der Waals surface area contributed by atoms with Gasteiger partial charge in [0.1, 0.15) is 0 Å². The number of hydrogen-bond acceptors (Lipinski definition) is 3. The molecule has 2 aromatic carbocycles. The zero-order valence-electron chi connectivity index (χ0n) is 10.4. The van der Waals surface area contributed by atoms with Crippen molar-refractivity contribution in [1.82, 2.24) is 19.8 Å². The molecule has 0 saturated heterocycles. The molecular weight excluding hydrogens is 272 g/mol. The Hall–Kier alpha value is -2.46. The molecule has 0 fully saturated rings. The van der Waals surface area contributed by atoms with Gasteiger partial charge in [-0.25, -0.2) is 0 Å². The van der Waals surface area contributed by atoms with Crippen LogP contribution in [0.1, 0.15) is 0 Å². The summed E-state index contributed by atoms with van der Waals surface area (Å²) in [7, 11) is 0. The van der Waals surface area contributed by atoms with E-state index < -0.39 is 0 Å². The van der Waals surface area contributed by atoms with Gasteiger partial charge in [0.25, 0.3) is 0 Å². The number of benzene rings is 2. The standard InChI is InChI=1S/C15H9ClN4/c16-13-8-4-3-7-12(13)15-19-18-14-11-6-2-1-5-10(11)9-17-20(14)15/h1-9H. The molecule has 5 heteroatoms. The first-order valence-corrected chi connectivity index (χ1v) is 6.56. The van der Waals surface area contributed by atoms with E-state index >= 15 is 0 Å². The molecule has 0 radical (unpaired) electrons. The lowest BCUT2D eigenvalue weighted by atomic mass is 10.2. The van der Waals surface area contributed by atoms with Gasteiger partial charge in [-0.05, 0) is 12.1 Å². The van der Waals surface area contributed by atoms with Gasteiger partial charge in [0, 0.05) is 16.3 Å². The van der Waals surface area contributed by atoms with Crippen molar-refractivity contribution in [3.63, 3.8) is 0 Å². The van der Waals surface area contributed by atoms with Gasteiger partial charge >= 0.3 is 0 Å². The van der Waals surface area contributed by atoms with Crippen molar-refractivity contribution in [2.45, 2.75) is 0 Å². The SMILES string of the molecule is Clc1ccccc1-c1nnc2c3ccccc3cnn12. The van der Waals surface area contributed by atoms with Gasteiger partial charge < -0.3 is 0 Å². The quantitative estimate of drug-likeness (QED) is 0.535. The monoisotopic (exact) mass is 280 g/mol. The first-order valence-electron chi connectivity index (χ1n) is 6.18. The van der Waals surface area contributed by atoms with E-state index in [1.807, 2.05) is 54.7 Å². The minimum atomic E-state index is 0.636. The molecule has 4 nitrogen and oxygen atoms in total. The minimum absolute atomic E-state index is 0.636. The van der Waals surface area contributed by atoms with Gasteiger partial charge in [0.2, 0.25) is 0 Å². The highest BCUT2D eigenvalue weighted by Gasteiger charge is 2.13. The molecule has 0 N–H and O–H groups in total. The first kappa shape index (κ1) is 11.4. The van der Waals surface area contributed by atoms with Crippen LogP contribution in [-0.2, 0) is 0 Å². The van der Waals surface area contributed by atoms with Crippen molar-refractivity contribution in [3.05, 3.63) is 59.8 Å². The first-order chi connectivity index (χ1) is 9.84. The number of hydrogen-bond donors (Lipinski definition) is 0. The third-order valence-corrected chi connectivity index (χ3v) is 3.60. The highest BCUT2D eigenvalue weighted by atomic mass is 35.5. The van der Waals surface area contributed by atoms with Crippen LogP contribution < -0.4 is 0 Å². The normalized spacial score (nSPS) is 11.2. The third-order valence-electron chi connectivity index (χ3n) is 3.27. The van der Waals surface area contributed by atoms with E-state index in [-0.39, 0.29) is 0 Å². The van der Waals surface area contributed by atoms with E-state index in [4.69, 9.17) is 11.6 Å². The zero-order valence-corrected chi connectivity index (χ0v) is 11.1. The summed E-state index contributed by atoms with van der Waals surface area (Å²) in [6.07, 6.45) is 1.81. The fraction of sp³-hybridized carbons (Fsp3) is 0. The largest absolute Gasteiger partial charge is 0.192 e. The van der Waals surface area contributed by atoms with Crippen molar-refractivity contribution >= 4 is 28.0 Å². The van der Waals surface area contributed by atoms with Crippen molar-refractivity contribution in [3.8, 4) is 11.4 Å². The van der Waals surface area contributed by atoms with Crippen LogP contribution in [0.2, 0.25) is 5.02 Å². The Balaban J connectivity index is 2.08. The summed E-state index contributed by atoms with van der Waals surface area (Å²) in [6, 6.07) is 15.5. The molecule has 0 aliphatic carbocycles. The summed E-state index contributed by atoms with van der Waals surface area (Å²) >= 11 is 6.23. The second kappa shape index (κ2) is 4.28. The Morgan fingerprint density at radius 1 is 0.900 bits per heavy atom.